The van der Waals surface area contributed by atoms with Gasteiger partial charge in [-0.3, -0.25) is 14.9 Å². The molecular weight excluding hydrogens is 283 g/mol. The van der Waals surface area contributed by atoms with Crippen LogP contribution in [0.2, 0.25) is 0 Å². The van der Waals surface area contributed by atoms with Gasteiger partial charge in [-0.15, -0.1) is 0 Å². The first-order valence-electron chi connectivity index (χ1n) is 6.29. The average molecular weight is 296 g/mol. The van der Waals surface area contributed by atoms with Crippen molar-refractivity contribution < 1.29 is 24.0 Å². The Kier molecular flexibility index (Phi) is 3.88. The minimum atomic E-state index is -1.20. The largest absolute Gasteiger partial charge is 0.480 e. The van der Waals surface area contributed by atoms with Gasteiger partial charge in [0.25, 0.3) is 11.6 Å². The molecule has 0 spiro atoms. The molecule has 21 heavy (non-hydrogen) atoms. The van der Waals surface area contributed by atoms with E-state index in [0.717, 1.165) is 12.1 Å². The number of aryl methyl sites for hydroxylation is 1. The fourth-order valence-electron chi connectivity index (χ4n) is 2.05. The van der Waals surface area contributed by atoms with Gasteiger partial charge in [0.15, 0.2) is 0 Å². The third-order valence-electron chi connectivity index (χ3n) is 3.34. The van der Waals surface area contributed by atoms with Gasteiger partial charge >= 0.3 is 5.97 Å². The van der Waals surface area contributed by atoms with Crippen molar-refractivity contribution in [1.29, 1.82) is 0 Å². The number of nitro benzene ring substituents is 1. The molecule has 0 aliphatic heterocycles. The monoisotopic (exact) mass is 296 g/mol. The number of hydrogen-bond acceptors (Lipinski definition) is 4. The molecule has 0 aromatic heterocycles. The van der Waals surface area contributed by atoms with E-state index in [1.165, 1.54) is 6.92 Å². The summed E-state index contributed by atoms with van der Waals surface area (Å²) in [6.07, 6.45) is 1.35. The van der Waals surface area contributed by atoms with Crippen LogP contribution in [-0.4, -0.2) is 27.9 Å². The molecular formula is C13H13FN2O5. The normalized spacial score (nSPS) is 15.3. The average Bonchev–Trinajstić information content (AvgIpc) is 3.22. The van der Waals surface area contributed by atoms with Crippen LogP contribution in [0.25, 0.3) is 0 Å². The smallest absolute Gasteiger partial charge is 0.326 e. The van der Waals surface area contributed by atoms with Crippen molar-refractivity contribution in [2.45, 2.75) is 25.8 Å². The number of nitro groups is 1. The molecule has 0 heterocycles. The van der Waals surface area contributed by atoms with E-state index in [4.69, 9.17) is 5.11 Å². The van der Waals surface area contributed by atoms with Crippen molar-refractivity contribution in [2.75, 3.05) is 0 Å². The molecule has 1 atom stereocenters. The number of non-ortho nitro benzene ring substituents is 1. The van der Waals surface area contributed by atoms with Gasteiger partial charge < -0.3 is 10.4 Å². The van der Waals surface area contributed by atoms with Gasteiger partial charge in [-0.2, -0.15) is 0 Å². The predicted molar refractivity (Wildman–Crippen MR) is 69.4 cm³/mol. The number of rotatable bonds is 5. The number of nitrogens with one attached hydrogen (secondary N) is 1. The van der Waals surface area contributed by atoms with Crippen LogP contribution in [0, 0.1) is 28.8 Å². The highest BCUT2D eigenvalue weighted by molar-refractivity contribution is 5.97. The minimum Gasteiger partial charge on any atom is -0.480 e. The van der Waals surface area contributed by atoms with E-state index in [2.05, 4.69) is 5.32 Å². The zero-order chi connectivity index (χ0) is 15.7. The van der Waals surface area contributed by atoms with E-state index in [9.17, 15) is 24.1 Å². The maximum absolute atomic E-state index is 13.9. The molecule has 7 nitrogen and oxygen atoms in total. The van der Waals surface area contributed by atoms with Crippen LogP contribution in [0.5, 0.6) is 0 Å². The summed E-state index contributed by atoms with van der Waals surface area (Å²) >= 11 is 0. The topological polar surface area (TPSA) is 110 Å². The Labute approximate surface area is 118 Å². The number of halogens is 1. The van der Waals surface area contributed by atoms with Crippen LogP contribution in [0.15, 0.2) is 12.1 Å². The molecule has 1 aliphatic carbocycles. The fraction of sp³-hybridized carbons (Fsp3) is 0.385. The van der Waals surface area contributed by atoms with Crippen molar-refractivity contribution in [2.24, 2.45) is 5.92 Å². The summed E-state index contributed by atoms with van der Waals surface area (Å²) in [4.78, 5) is 33.1. The van der Waals surface area contributed by atoms with Crippen molar-refractivity contribution >= 4 is 17.6 Å². The third-order valence-corrected chi connectivity index (χ3v) is 3.34. The summed E-state index contributed by atoms with van der Waals surface area (Å²) in [6, 6.07) is 0.724. The Balaban J connectivity index is 2.29. The Hall–Kier alpha value is -2.51. The lowest BCUT2D eigenvalue weighted by atomic mass is 10.1. The third kappa shape index (κ3) is 3.15. The van der Waals surface area contributed by atoms with Gasteiger partial charge in [-0.25, -0.2) is 9.18 Å². The van der Waals surface area contributed by atoms with E-state index in [1.54, 1.807) is 0 Å². The Morgan fingerprint density at radius 3 is 2.57 bits per heavy atom. The summed E-state index contributed by atoms with van der Waals surface area (Å²) in [6.45, 7) is 1.30. The summed E-state index contributed by atoms with van der Waals surface area (Å²) in [5.41, 5.74) is -0.987. The zero-order valence-electron chi connectivity index (χ0n) is 11.1. The van der Waals surface area contributed by atoms with Gasteiger partial charge in [0.1, 0.15) is 11.9 Å². The number of amides is 1. The molecule has 1 aromatic carbocycles. The standard InChI is InChI=1S/C13H13FN2O5/c1-6-4-8(16(20)21)5-9(10(6)14)12(17)15-11(13(18)19)7-2-3-7/h4-5,7,11H,2-3H2,1H3,(H,15,17)(H,18,19). The highest BCUT2D eigenvalue weighted by Gasteiger charge is 2.38. The number of carbonyl (C=O) groups excluding carboxylic acids is 1. The maximum Gasteiger partial charge on any atom is 0.326 e. The number of hydrogen-bond donors (Lipinski definition) is 2. The summed E-state index contributed by atoms with van der Waals surface area (Å²) in [5.74, 6) is -3.22. The Bertz CT molecular complexity index is 627. The van der Waals surface area contributed by atoms with Crippen molar-refractivity contribution in [3.63, 3.8) is 0 Å². The first-order valence-corrected chi connectivity index (χ1v) is 6.29. The van der Waals surface area contributed by atoms with Crippen molar-refractivity contribution in [3.8, 4) is 0 Å². The second kappa shape index (κ2) is 5.47. The second-order valence-electron chi connectivity index (χ2n) is 5.01. The summed E-state index contributed by atoms with van der Waals surface area (Å²) in [7, 11) is 0. The Morgan fingerprint density at radius 2 is 2.10 bits per heavy atom. The van der Waals surface area contributed by atoms with E-state index in [-0.39, 0.29) is 11.5 Å². The molecule has 8 heteroatoms. The van der Waals surface area contributed by atoms with E-state index in [0.29, 0.717) is 12.8 Å². The predicted octanol–water partition coefficient (Wildman–Crippen LogP) is 1.64. The summed E-state index contributed by atoms with van der Waals surface area (Å²) in [5, 5.41) is 22.0. The van der Waals surface area contributed by atoms with Gasteiger partial charge in [-0.05, 0) is 31.2 Å². The molecule has 1 unspecified atom stereocenters. The van der Waals surface area contributed by atoms with Crippen LogP contribution in [0.1, 0.15) is 28.8 Å². The van der Waals surface area contributed by atoms with E-state index < -0.39 is 39.9 Å². The van der Waals surface area contributed by atoms with Crippen LogP contribution in [0.3, 0.4) is 0 Å². The maximum atomic E-state index is 13.9. The van der Waals surface area contributed by atoms with E-state index >= 15 is 0 Å². The lowest BCUT2D eigenvalue weighted by molar-refractivity contribution is -0.385. The van der Waals surface area contributed by atoms with Crippen LogP contribution in [0.4, 0.5) is 10.1 Å². The van der Waals surface area contributed by atoms with Crippen molar-refractivity contribution in [1.82, 2.24) is 5.32 Å². The molecule has 112 valence electrons. The fourth-order valence-corrected chi connectivity index (χ4v) is 2.05. The van der Waals surface area contributed by atoms with Crippen molar-refractivity contribution in [3.05, 3.63) is 39.2 Å². The molecule has 0 radical (unpaired) electrons. The molecule has 1 fully saturated rings. The first kappa shape index (κ1) is 14.9. The molecule has 1 aliphatic rings. The van der Waals surface area contributed by atoms with Crippen LogP contribution >= 0.6 is 0 Å². The molecule has 0 saturated heterocycles. The molecule has 1 amide bonds. The zero-order valence-corrected chi connectivity index (χ0v) is 11.1. The SMILES string of the molecule is Cc1cc([N+](=O)[O-])cc(C(=O)NC(C(=O)O)C2CC2)c1F. The first-order chi connectivity index (χ1) is 9.81. The highest BCUT2D eigenvalue weighted by atomic mass is 19.1. The lowest BCUT2D eigenvalue weighted by Gasteiger charge is -2.14. The number of nitrogens with zero attached hydrogens (tertiary/aromatic N) is 1. The number of carboxylic acid groups (broad SMARTS) is 1. The van der Waals surface area contributed by atoms with E-state index in [1.807, 2.05) is 0 Å². The van der Waals surface area contributed by atoms with Gasteiger partial charge in [0, 0.05) is 12.1 Å². The number of carbonyl (C=O) groups is 2. The highest BCUT2D eigenvalue weighted by Crippen LogP contribution is 2.33. The second-order valence-corrected chi connectivity index (χ2v) is 5.01. The minimum absolute atomic E-state index is 0.0485. The summed E-state index contributed by atoms with van der Waals surface area (Å²) < 4.78 is 13.9. The lowest BCUT2D eigenvalue weighted by Crippen LogP contribution is -2.42. The molecule has 2 N–H and O–H groups in total. The molecule has 1 aromatic rings. The molecule has 0 bridgehead atoms. The number of aliphatic carboxylic acids is 1. The number of benzene rings is 1. The van der Waals surface area contributed by atoms with Gasteiger partial charge in [0.05, 0.1) is 10.5 Å². The van der Waals surface area contributed by atoms with Crippen LogP contribution in [-0.2, 0) is 4.79 Å². The Morgan fingerprint density at radius 1 is 1.48 bits per heavy atom. The van der Waals surface area contributed by atoms with Gasteiger partial charge in [-0.1, -0.05) is 0 Å². The van der Waals surface area contributed by atoms with Gasteiger partial charge in [0.2, 0.25) is 0 Å². The number of carboxylic acids is 1. The molecule has 2 rings (SSSR count). The quantitative estimate of drug-likeness (QED) is 0.634. The van der Waals surface area contributed by atoms with Crippen LogP contribution < -0.4 is 5.32 Å². The molecule has 1 saturated carbocycles.